The summed E-state index contributed by atoms with van der Waals surface area (Å²) in [6, 6.07) is 63.4. The van der Waals surface area contributed by atoms with E-state index in [1.807, 2.05) is 72.8 Å². The van der Waals surface area contributed by atoms with Crippen LogP contribution in [0.4, 0.5) is 0 Å². The molecule has 3 aromatic heterocycles. The van der Waals surface area contributed by atoms with Crippen LogP contribution in [0.2, 0.25) is 0 Å². The largest absolute Gasteiger partial charge is 0.456 e. The molecule has 11 aromatic rings. The highest BCUT2D eigenvalue weighted by molar-refractivity contribution is 6.17. The molecule has 0 fully saturated rings. The maximum Gasteiger partial charge on any atom is 0.164 e. The molecule has 0 N–H and O–H groups in total. The average Bonchev–Trinajstić information content (AvgIpc) is 3.78. The van der Waals surface area contributed by atoms with Gasteiger partial charge in [-0.1, -0.05) is 140 Å². The minimum atomic E-state index is 0.575. The lowest BCUT2D eigenvalue weighted by molar-refractivity contribution is 0.669. The van der Waals surface area contributed by atoms with Gasteiger partial charge in [0.2, 0.25) is 0 Å². The highest BCUT2D eigenvalue weighted by Gasteiger charge is 2.22. The number of benzene rings is 8. The van der Waals surface area contributed by atoms with Crippen LogP contribution in [-0.4, -0.2) is 19.5 Å². The van der Waals surface area contributed by atoms with E-state index in [0.29, 0.717) is 17.5 Å². The average molecular weight is 691 g/mol. The molecule has 5 nitrogen and oxygen atoms in total. The van der Waals surface area contributed by atoms with Crippen molar-refractivity contribution in [2.45, 2.75) is 0 Å². The molecular formula is C49H30N4O. The third-order valence-corrected chi connectivity index (χ3v) is 10.4. The van der Waals surface area contributed by atoms with E-state index in [1.165, 1.54) is 32.7 Å². The molecule has 54 heavy (non-hydrogen) atoms. The van der Waals surface area contributed by atoms with Crippen molar-refractivity contribution in [1.29, 1.82) is 0 Å². The van der Waals surface area contributed by atoms with Crippen molar-refractivity contribution in [1.82, 2.24) is 19.5 Å². The van der Waals surface area contributed by atoms with E-state index >= 15 is 0 Å². The van der Waals surface area contributed by atoms with Gasteiger partial charge in [-0.25, -0.2) is 15.0 Å². The maximum atomic E-state index is 6.65. The first kappa shape index (κ1) is 30.3. The van der Waals surface area contributed by atoms with Gasteiger partial charge in [0.1, 0.15) is 11.2 Å². The molecule has 0 saturated carbocycles. The normalized spacial score (nSPS) is 11.7. The van der Waals surface area contributed by atoms with Crippen molar-refractivity contribution >= 4 is 54.5 Å². The number of furan rings is 1. The molecule has 0 spiro atoms. The van der Waals surface area contributed by atoms with Crippen LogP contribution >= 0.6 is 0 Å². The molecule has 0 aliphatic heterocycles. The number of nitrogens with zero attached hydrogens (tertiary/aromatic N) is 4. The Hall–Kier alpha value is -7.37. The smallest absolute Gasteiger partial charge is 0.164 e. The summed E-state index contributed by atoms with van der Waals surface area (Å²) in [5.41, 5.74) is 9.92. The van der Waals surface area contributed by atoms with Crippen molar-refractivity contribution in [2.24, 2.45) is 0 Å². The molecule has 0 bridgehead atoms. The van der Waals surface area contributed by atoms with Crippen molar-refractivity contribution < 1.29 is 4.42 Å². The van der Waals surface area contributed by atoms with E-state index < -0.39 is 0 Å². The van der Waals surface area contributed by atoms with Crippen LogP contribution in [0.1, 0.15) is 0 Å². The molecule has 5 heteroatoms. The zero-order valence-electron chi connectivity index (χ0n) is 29.0. The standard InChI is InChI=1S/C49H30N4O/c1-4-14-31(15-5-1)34-24-25-35-28-42-40(27-36(35)26-34)38-20-10-12-22-41(38)53(42)43-29-37(30-45-46(43)39-21-11-13-23-44(39)54-45)49-51-47(32-16-6-2-7-17-32)50-48(52-49)33-18-8-3-9-19-33/h1-30H. The molecular weight excluding hydrogens is 661 g/mol. The monoisotopic (exact) mass is 690 g/mol. The number of fused-ring (bicyclic) bond motifs is 7. The van der Waals surface area contributed by atoms with E-state index in [0.717, 1.165) is 55.3 Å². The van der Waals surface area contributed by atoms with Crippen LogP contribution in [0.15, 0.2) is 186 Å². The molecule has 3 heterocycles. The lowest BCUT2D eigenvalue weighted by Gasteiger charge is -2.13. The lowest BCUT2D eigenvalue weighted by atomic mass is 9.99. The molecule has 0 saturated heterocycles. The zero-order valence-corrected chi connectivity index (χ0v) is 29.0. The molecule has 8 aromatic carbocycles. The Bertz CT molecular complexity index is 3140. The minimum Gasteiger partial charge on any atom is -0.456 e. The molecule has 11 rings (SSSR count). The molecule has 0 radical (unpaired) electrons. The first-order valence-electron chi connectivity index (χ1n) is 18.1. The van der Waals surface area contributed by atoms with Gasteiger partial charge in [-0.3, -0.25) is 0 Å². The quantitative estimate of drug-likeness (QED) is 0.180. The first-order valence-corrected chi connectivity index (χ1v) is 18.1. The summed E-state index contributed by atoms with van der Waals surface area (Å²) in [7, 11) is 0. The molecule has 0 aliphatic carbocycles. The SMILES string of the molecule is c1ccc(-c2ccc3cc4c(cc3c2)c2ccccc2n4-c2cc(-c3nc(-c4ccccc4)nc(-c4ccccc4)n3)cc3oc4ccccc4c23)cc1. The maximum absolute atomic E-state index is 6.65. The van der Waals surface area contributed by atoms with Gasteiger partial charge < -0.3 is 8.98 Å². The fraction of sp³-hybridized carbons (Fsp3) is 0. The summed E-state index contributed by atoms with van der Waals surface area (Å²) in [5.74, 6) is 1.80. The Morgan fingerprint density at radius 2 is 0.944 bits per heavy atom. The third kappa shape index (κ3) is 4.90. The van der Waals surface area contributed by atoms with Gasteiger partial charge in [0.25, 0.3) is 0 Å². The number of hydrogen-bond acceptors (Lipinski definition) is 4. The zero-order chi connectivity index (χ0) is 35.6. The van der Waals surface area contributed by atoms with Crippen molar-refractivity contribution in [3.63, 3.8) is 0 Å². The number of para-hydroxylation sites is 2. The second-order valence-electron chi connectivity index (χ2n) is 13.7. The lowest BCUT2D eigenvalue weighted by Crippen LogP contribution is -2.01. The number of hydrogen-bond donors (Lipinski definition) is 0. The minimum absolute atomic E-state index is 0.575. The van der Waals surface area contributed by atoms with Gasteiger partial charge in [-0.15, -0.1) is 0 Å². The van der Waals surface area contributed by atoms with Crippen LogP contribution in [0.5, 0.6) is 0 Å². The van der Waals surface area contributed by atoms with E-state index in [-0.39, 0.29) is 0 Å². The van der Waals surface area contributed by atoms with Gasteiger partial charge in [0.05, 0.1) is 22.1 Å². The Morgan fingerprint density at radius 3 is 1.65 bits per heavy atom. The van der Waals surface area contributed by atoms with Gasteiger partial charge in [-0.05, 0) is 64.4 Å². The van der Waals surface area contributed by atoms with Crippen molar-refractivity contribution in [3.05, 3.63) is 182 Å². The fourth-order valence-electron chi connectivity index (χ4n) is 7.86. The summed E-state index contributed by atoms with van der Waals surface area (Å²) in [6.07, 6.45) is 0. The summed E-state index contributed by atoms with van der Waals surface area (Å²) >= 11 is 0. The van der Waals surface area contributed by atoms with E-state index in [2.05, 4.69) is 114 Å². The van der Waals surface area contributed by atoms with Crippen LogP contribution in [0.25, 0.3) is 105 Å². The van der Waals surface area contributed by atoms with E-state index in [4.69, 9.17) is 19.4 Å². The summed E-state index contributed by atoms with van der Waals surface area (Å²) in [6.45, 7) is 0. The summed E-state index contributed by atoms with van der Waals surface area (Å²) in [5, 5.41) is 6.84. The van der Waals surface area contributed by atoms with Crippen molar-refractivity contribution in [2.75, 3.05) is 0 Å². The Labute approximate surface area is 310 Å². The van der Waals surface area contributed by atoms with Gasteiger partial charge in [0.15, 0.2) is 17.5 Å². The fourth-order valence-corrected chi connectivity index (χ4v) is 7.86. The predicted octanol–water partition coefficient (Wildman–Crippen LogP) is 12.7. The van der Waals surface area contributed by atoms with Crippen molar-refractivity contribution in [3.8, 4) is 51.0 Å². The molecule has 0 unspecified atom stereocenters. The van der Waals surface area contributed by atoms with Crippen LogP contribution in [-0.2, 0) is 0 Å². The Balaban J connectivity index is 1.21. The summed E-state index contributed by atoms with van der Waals surface area (Å²) < 4.78 is 9.04. The van der Waals surface area contributed by atoms with Crippen LogP contribution in [0, 0.1) is 0 Å². The van der Waals surface area contributed by atoms with Crippen LogP contribution in [0.3, 0.4) is 0 Å². The number of aromatic nitrogens is 4. The molecule has 0 atom stereocenters. The highest BCUT2D eigenvalue weighted by Crippen LogP contribution is 2.42. The second kappa shape index (κ2) is 12.1. The van der Waals surface area contributed by atoms with Crippen LogP contribution < -0.4 is 0 Å². The Morgan fingerprint density at radius 1 is 0.352 bits per heavy atom. The van der Waals surface area contributed by atoms with Gasteiger partial charge >= 0.3 is 0 Å². The molecule has 0 amide bonds. The van der Waals surface area contributed by atoms with Gasteiger partial charge in [0, 0.05) is 32.8 Å². The predicted molar refractivity (Wildman–Crippen MR) is 221 cm³/mol. The topological polar surface area (TPSA) is 56.7 Å². The first-order chi connectivity index (χ1) is 26.7. The van der Waals surface area contributed by atoms with E-state index in [1.54, 1.807) is 0 Å². The molecule has 0 aliphatic rings. The molecule has 252 valence electrons. The Kier molecular flexibility index (Phi) is 6.79. The van der Waals surface area contributed by atoms with E-state index in [9.17, 15) is 0 Å². The third-order valence-electron chi connectivity index (χ3n) is 10.4. The van der Waals surface area contributed by atoms with Gasteiger partial charge in [-0.2, -0.15) is 0 Å². The highest BCUT2D eigenvalue weighted by atomic mass is 16.3. The number of rotatable bonds is 5. The summed E-state index contributed by atoms with van der Waals surface area (Å²) in [4.78, 5) is 15.2. The second-order valence-corrected chi connectivity index (χ2v) is 13.7.